The van der Waals surface area contributed by atoms with Crippen LogP contribution < -0.4 is 0 Å². The molecule has 0 saturated heterocycles. The van der Waals surface area contributed by atoms with Gasteiger partial charge in [0.2, 0.25) is 5.89 Å². The zero-order valence-corrected chi connectivity index (χ0v) is 17.1. The molecule has 0 amide bonds. The molecular formula is C29H17NO2. The Morgan fingerprint density at radius 3 is 2.19 bits per heavy atom. The van der Waals surface area contributed by atoms with Crippen molar-refractivity contribution >= 4 is 43.8 Å². The molecule has 0 radical (unpaired) electrons. The minimum atomic E-state index is 0.637. The number of furan rings is 1. The number of para-hydroxylation sites is 4. The van der Waals surface area contributed by atoms with E-state index in [1.165, 1.54) is 5.39 Å². The van der Waals surface area contributed by atoms with Crippen LogP contribution in [0.5, 0.6) is 0 Å². The third-order valence-corrected chi connectivity index (χ3v) is 6.10. The van der Waals surface area contributed by atoms with Crippen molar-refractivity contribution in [2.45, 2.75) is 0 Å². The molecule has 0 fully saturated rings. The Balaban J connectivity index is 1.40. The normalized spacial score (nSPS) is 11.8. The summed E-state index contributed by atoms with van der Waals surface area (Å²) in [6.45, 7) is 0. The Kier molecular flexibility index (Phi) is 3.55. The van der Waals surface area contributed by atoms with Crippen molar-refractivity contribution in [3.05, 3.63) is 103 Å². The van der Waals surface area contributed by atoms with E-state index in [1.54, 1.807) is 0 Å². The summed E-state index contributed by atoms with van der Waals surface area (Å²) in [5, 5.41) is 4.59. The van der Waals surface area contributed by atoms with Gasteiger partial charge in [0.25, 0.3) is 0 Å². The van der Waals surface area contributed by atoms with Gasteiger partial charge in [0, 0.05) is 21.9 Å². The fraction of sp³-hybridized carbons (Fsp3) is 0. The van der Waals surface area contributed by atoms with Gasteiger partial charge in [0.05, 0.1) is 0 Å². The summed E-state index contributed by atoms with van der Waals surface area (Å²) in [6, 6.07) is 35.2. The third-order valence-electron chi connectivity index (χ3n) is 6.10. The molecule has 3 nitrogen and oxygen atoms in total. The van der Waals surface area contributed by atoms with E-state index in [4.69, 9.17) is 8.83 Å². The fourth-order valence-corrected chi connectivity index (χ4v) is 4.52. The summed E-state index contributed by atoms with van der Waals surface area (Å²) >= 11 is 0. The highest BCUT2D eigenvalue weighted by Crippen LogP contribution is 2.37. The molecule has 7 rings (SSSR count). The average Bonchev–Trinajstić information content (AvgIpc) is 3.45. The topological polar surface area (TPSA) is 39.2 Å². The SMILES string of the molecule is c1ccc2oc(-c3ccc4ccc(-c5cccc6c5oc5ccccc56)cc4c3)nc2c1. The molecule has 0 bridgehead atoms. The van der Waals surface area contributed by atoms with Gasteiger partial charge in [-0.15, -0.1) is 0 Å². The van der Waals surface area contributed by atoms with Crippen LogP contribution >= 0.6 is 0 Å². The van der Waals surface area contributed by atoms with Gasteiger partial charge in [0.15, 0.2) is 5.58 Å². The fourth-order valence-electron chi connectivity index (χ4n) is 4.52. The lowest BCUT2D eigenvalue weighted by Crippen LogP contribution is -1.82. The van der Waals surface area contributed by atoms with Crippen molar-refractivity contribution < 1.29 is 8.83 Å². The highest BCUT2D eigenvalue weighted by atomic mass is 16.3. The molecule has 150 valence electrons. The monoisotopic (exact) mass is 411 g/mol. The molecule has 0 aliphatic rings. The van der Waals surface area contributed by atoms with Gasteiger partial charge >= 0.3 is 0 Å². The summed E-state index contributed by atoms with van der Waals surface area (Å²) in [5.41, 5.74) is 6.68. The first kappa shape index (κ1) is 17.3. The van der Waals surface area contributed by atoms with Crippen molar-refractivity contribution in [1.29, 1.82) is 0 Å². The standard InChI is InChI=1S/C29H17NO2/c1-3-10-26-23(6-1)24-8-5-7-22(28(24)31-26)19-14-12-18-13-15-20(17-21(18)16-19)29-30-25-9-2-4-11-27(25)32-29/h1-17H. The highest BCUT2D eigenvalue weighted by molar-refractivity contribution is 6.10. The molecule has 32 heavy (non-hydrogen) atoms. The smallest absolute Gasteiger partial charge is 0.227 e. The maximum atomic E-state index is 6.25. The lowest BCUT2D eigenvalue weighted by Gasteiger charge is -2.06. The molecular weight excluding hydrogens is 394 g/mol. The maximum absolute atomic E-state index is 6.25. The highest BCUT2D eigenvalue weighted by Gasteiger charge is 2.13. The Hall–Kier alpha value is -4.37. The number of rotatable bonds is 2. The predicted molar refractivity (Wildman–Crippen MR) is 130 cm³/mol. The molecule has 2 heterocycles. The van der Waals surface area contributed by atoms with E-state index in [9.17, 15) is 0 Å². The number of benzene rings is 5. The van der Waals surface area contributed by atoms with Crippen LogP contribution in [0.1, 0.15) is 0 Å². The average molecular weight is 411 g/mol. The first-order chi connectivity index (χ1) is 15.8. The second-order valence-electron chi connectivity index (χ2n) is 8.04. The molecule has 0 atom stereocenters. The largest absolute Gasteiger partial charge is 0.455 e. The van der Waals surface area contributed by atoms with E-state index in [-0.39, 0.29) is 0 Å². The van der Waals surface area contributed by atoms with Gasteiger partial charge in [-0.25, -0.2) is 4.98 Å². The Morgan fingerprint density at radius 2 is 1.28 bits per heavy atom. The van der Waals surface area contributed by atoms with Gasteiger partial charge in [-0.1, -0.05) is 66.7 Å². The molecule has 3 heteroatoms. The summed E-state index contributed by atoms with van der Waals surface area (Å²) in [5.74, 6) is 0.637. The lowest BCUT2D eigenvalue weighted by molar-refractivity contribution is 0.620. The minimum absolute atomic E-state index is 0.637. The van der Waals surface area contributed by atoms with E-state index in [0.717, 1.165) is 55.1 Å². The van der Waals surface area contributed by atoms with Gasteiger partial charge in [0.1, 0.15) is 16.7 Å². The minimum Gasteiger partial charge on any atom is -0.455 e. The lowest BCUT2D eigenvalue weighted by atomic mass is 9.98. The summed E-state index contributed by atoms with van der Waals surface area (Å²) in [7, 11) is 0. The Bertz CT molecular complexity index is 1760. The second-order valence-corrected chi connectivity index (χ2v) is 8.04. The van der Waals surface area contributed by atoms with Gasteiger partial charge in [-0.3, -0.25) is 0 Å². The molecule has 2 aromatic heterocycles. The summed E-state index contributed by atoms with van der Waals surface area (Å²) in [4.78, 5) is 4.65. The predicted octanol–water partition coefficient (Wildman–Crippen LogP) is 8.21. The zero-order valence-electron chi connectivity index (χ0n) is 17.1. The van der Waals surface area contributed by atoms with Crippen LogP contribution in [0.15, 0.2) is 112 Å². The second kappa shape index (κ2) is 6.56. The van der Waals surface area contributed by atoms with Crippen LogP contribution in [0, 0.1) is 0 Å². The van der Waals surface area contributed by atoms with Gasteiger partial charge in [-0.05, 0) is 52.7 Å². The van der Waals surface area contributed by atoms with Crippen LogP contribution in [0.3, 0.4) is 0 Å². The van der Waals surface area contributed by atoms with E-state index >= 15 is 0 Å². The van der Waals surface area contributed by atoms with Gasteiger partial charge < -0.3 is 8.83 Å². The molecule has 0 spiro atoms. The first-order valence-corrected chi connectivity index (χ1v) is 10.6. The zero-order chi connectivity index (χ0) is 21.1. The number of hydrogen-bond donors (Lipinski definition) is 0. The number of hydrogen-bond acceptors (Lipinski definition) is 3. The number of nitrogens with zero attached hydrogens (tertiary/aromatic N) is 1. The maximum Gasteiger partial charge on any atom is 0.227 e. The number of oxazole rings is 1. The van der Waals surface area contributed by atoms with E-state index in [2.05, 4.69) is 65.6 Å². The van der Waals surface area contributed by atoms with Crippen LogP contribution in [-0.4, -0.2) is 4.98 Å². The van der Waals surface area contributed by atoms with Gasteiger partial charge in [-0.2, -0.15) is 0 Å². The summed E-state index contributed by atoms with van der Waals surface area (Å²) < 4.78 is 12.2. The Morgan fingerprint density at radius 1 is 0.531 bits per heavy atom. The molecule has 5 aromatic carbocycles. The van der Waals surface area contributed by atoms with Crippen molar-refractivity contribution in [3.8, 4) is 22.6 Å². The molecule has 0 aliphatic carbocycles. The van der Waals surface area contributed by atoms with Crippen molar-refractivity contribution in [1.82, 2.24) is 4.98 Å². The molecule has 0 saturated carbocycles. The number of fused-ring (bicyclic) bond motifs is 5. The van der Waals surface area contributed by atoms with Crippen molar-refractivity contribution in [2.75, 3.05) is 0 Å². The van der Waals surface area contributed by atoms with Crippen LogP contribution in [0.4, 0.5) is 0 Å². The Labute approximate surface area is 183 Å². The van der Waals surface area contributed by atoms with E-state index < -0.39 is 0 Å². The van der Waals surface area contributed by atoms with Crippen molar-refractivity contribution in [3.63, 3.8) is 0 Å². The van der Waals surface area contributed by atoms with E-state index in [1.807, 2.05) is 42.5 Å². The molecule has 0 N–H and O–H groups in total. The quantitative estimate of drug-likeness (QED) is 0.288. The van der Waals surface area contributed by atoms with Crippen LogP contribution in [-0.2, 0) is 0 Å². The van der Waals surface area contributed by atoms with E-state index in [0.29, 0.717) is 5.89 Å². The van der Waals surface area contributed by atoms with Crippen molar-refractivity contribution in [2.24, 2.45) is 0 Å². The molecule has 0 aliphatic heterocycles. The van der Waals surface area contributed by atoms with Crippen LogP contribution in [0.25, 0.3) is 66.4 Å². The van der Waals surface area contributed by atoms with Crippen LogP contribution in [0.2, 0.25) is 0 Å². The molecule has 7 aromatic rings. The first-order valence-electron chi connectivity index (χ1n) is 10.6. The summed E-state index contributed by atoms with van der Waals surface area (Å²) in [6.07, 6.45) is 0. The number of aromatic nitrogens is 1. The third kappa shape index (κ3) is 2.58. The molecule has 0 unspecified atom stereocenters.